The van der Waals surface area contributed by atoms with E-state index < -0.39 is 5.41 Å². The van der Waals surface area contributed by atoms with Crippen LogP contribution in [0.3, 0.4) is 0 Å². The highest BCUT2D eigenvalue weighted by Crippen LogP contribution is 2.45. The summed E-state index contributed by atoms with van der Waals surface area (Å²) in [7, 11) is 0. The zero-order chi connectivity index (χ0) is 14.5. The Bertz CT molecular complexity index is 597. The normalized spacial score (nSPS) is 25.8. The van der Waals surface area contributed by atoms with Crippen LogP contribution in [0.1, 0.15) is 56.7 Å². The van der Waals surface area contributed by atoms with Crippen LogP contribution in [0, 0.1) is 0 Å². The zero-order valence-corrected chi connectivity index (χ0v) is 12.4. The molecule has 0 saturated carbocycles. The molecule has 1 saturated heterocycles. The van der Waals surface area contributed by atoms with E-state index in [0.717, 1.165) is 18.4 Å². The lowest BCUT2D eigenvalue weighted by Gasteiger charge is -2.32. The molecular weight excluding hydrogens is 250 g/mol. The Labute approximate surface area is 119 Å². The SMILES string of the molecule is CC(C)(C)c1ccc2c(c1)CCC21CCC(=O)NC1=O. The highest BCUT2D eigenvalue weighted by molar-refractivity contribution is 6.04. The van der Waals surface area contributed by atoms with E-state index in [-0.39, 0.29) is 17.2 Å². The van der Waals surface area contributed by atoms with E-state index in [4.69, 9.17) is 0 Å². The third-order valence-electron chi connectivity index (χ3n) is 4.77. The molecule has 3 rings (SSSR count). The molecule has 0 radical (unpaired) electrons. The van der Waals surface area contributed by atoms with Gasteiger partial charge in [-0.1, -0.05) is 39.0 Å². The molecule has 3 heteroatoms. The van der Waals surface area contributed by atoms with Gasteiger partial charge in [0.05, 0.1) is 5.41 Å². The van der Waals surface area contributed by atoms with Crippen LogP contribution >= 0.6 is 0 Å². The molecule has 1 fully saturated rings. The maximum Gasteiger partial charge on any atom is 0.237 e. The van der Waals surface area contributed by atoms with Crippen molar-refractivity contribution in [2.75, 3.05) is 0 Å². The van der Waals surface area contributed by atoms with E-state index in [1.54, 1.807) is 0 Å². The number of fused-ring (bicyclic) bond motifs is 2. The molecule has 1 spiro atoms. The molecule has 1 heterocycles. The highest BCUT2D eigenvalue weighted by atomic mass is 16.2. The van der Waals surface area contributed by atoms with Crippen LogP contribution in [0.15, 0.2) is 18.2 Å². The number of carbonyl (C=O) groups is 2. The van der Waals surface area contributed by atoms with Gasteiger partial charge < -0.3 is 0 Å². The van der Waals surface area contributed by atoms with E-state index in [2.05, 4.69) is 44.3 Å². The monoisotopic (exact) mass is 271 g/mol. The molecule has 1 atom stereocenters. The van der Waals surface area contributed by atoms with Crippen molar-refractivity contribution >= 4 is 11.8 Å². The fraction of sp³-hybridized carbons (Fsp3) is 0.529. The fourth-order valence-electron chi connectivity index (χ4n) is 3.46. The average Bonchev–Trinajstić information content (AvgIpc) is 2.73. The van der Waals surface area contributed by atoms with Gasteiger partial charge in [0.1, 0.15) is 0 Å². The molecule has 106 valence electrons. The summed E-state index contributed by atoms with van der Waals surface area (Å²) < 4.78 is 0. The molecule has 1 aromatic rings. The first-order valence-electron chi connectivity index (χ1n) is 7.31. The van der Waals surface area contributed by atoms with Gasteiger partial charge in [-0.05, 0) is 41.4 Å². The predicted molar refractivity (Wildman–Crippen MR) is 77.5 cm³/mol. The van der Waals surface area contributed by atoms with Gasteiger partial charge in [-0.25, -0.2) is 0 Å². The van der Waals surface area contributed by atoms with Crippen molar-refractivity contribution < 1.29 is 9.59 Å². The third-order valence-corrected chi connectivity index (χ3v) is 4.77. The lowest BCUT2D eigenvalue weighted by atomic mass is 9.74. The van der Waals surface area contributed by atoms with Crippen LogP contribution in [0.5, 0.6) is 0 Å². The van der Waals surface area contributed by atoms with E-state index >= 15 is 0 Å². The van der Waals surface area contributed by atoms with Gasteiger partial charge in [0.2, 0.25) is 11.8 Å². The van der Waals surface area contributed by atoms with Crippen molar-refractivity contribution in [1.29, 1.82) is 0 Å². The van der Waals surface area contributed by atoms with E-state index in [1.807, 2.05) is 0 Å². The Morgan fingerprint density at radius 1 is 1.10 bits per heavy atom. The van der Waals surface area contributed by atoms with Gasteiger partial charge in [-0.3, -0.25) is 14.9 Å². The molecule has 1 unspecified atom stereocenters. The summed E-state index contributed by atoms with van der Waals surface area (Å²) in [6.07, 6.45) is 2.86. The Morgan fingerprint density at radius 2 is 1.80 bits per heavy atom. The van der Waals surface area contributed by atoms with Crippen molar-refractivity contribution in [3.05, 3.63) is 34.9 Å². The van der Waals surface area contributed by atoms with E-state index in [0.29, 0.717) is 12.8 Å². The average molecular weight is 271 g/mol. The summed E-state index contributed by atoms with van der Waals surface area (Å²) in [6.45, 7) is 6.60. The summed E-state index contributed by atoms with van der Waals surface area (Å²) in [6, 6.07) is 6.49. The molecule has 1 N–H and O–H groups in total. The topological polar surface area (TPSA) is 46.2 Å². The summed E-state index contributed by atoms with van der Waals surface area (Å²) in [5, 5.41) is 2.52. The smallest absolute Gasteiger partial charge is 0.237 e. The molecular formula is C17H21NO2. The molecule has 3 nitrogen and oxygen atoms in total. The van der Waals surface area contributed by atoms with Gasteiger partial charge in [-0.15, -0.1) is 0 Å². The number of imide groups is 1. The Kier molecular flexibility index (Phi) is 2.79. The number of hydrogen-bond donors (Lipinski definition) is 1. The first-order chi connectivity index (χ1) is 9.33. The lowest BCUT2D eigenvalue weighted by molar-refractivity contribution is -0.137. The second-order valence-electron chi connectivity index (χ2n) is 7.08. The minimum absolute atomic E-state index is 0.101. The molecule has 0 bridgehead atoms. The maximum atomic E-state index is 12.3. The molecule has 20 heavy (non-hydrogen) atoms. The number of rotatable bonds is 0. The summed E-state index contributed by atoms with van der Waals surface area (Å²) in [5.74, 6) is -0.239. The number of carbonyl (C=O) groups excluding carboxylic acids is 2. The van der Waals surface area contributed by atoms with Crippen LogP contribution < -0.4 is 5.32 Å². The predicted octanol–water partition coefficient (Wildman–Crippen LogP) is 2.60. The molecule has 2 amide bonds. The summed E-state index contributed by atoms with van der Waals surface area (Å²) in [5.41, 5.74) is 3.38. The number of benzene rings is 1. The number of piperidine rings is 1. The molecule has 1 aliphatic carbocycles. The molecule has 0 aromatic heterocycles. The van der Waals surface area contributed by atoms with E-state index in [1.165, 1.54) is 11.1 Å². The standard InChI is InChI=1S/C17H21NO2/c1-16(2,3)12-4-5-13-11(10-12)6-8-17(13)9-7-14(19)18-15(17)20/h4-5,10H,6-9H2,1-3H3,(H,18,19,20). The number of hydrogen-bond acceptors (Lipinski definition) is 2. The van der Waals surface area contributed by atoms with Gasteiger partial charge in [0.25, 0.3) is 0 Å². The number of aryl methyl sites for hydroxylation is 1. The van der Waals surface area contributed by atoms with Gasteiger partial charge in [-0.2, -0.15) is 0 Å². The Hall–Kier alpha value is -1.64. The first-order valence-corrected chi connectivity index (χ1v) is 7.31. The first kappa shape index (κ1) is 13.3. The van der Waals surface area contributed by atoms with Crippen LogP contribution in [0.25, 0.3) is 0 Å². The quantitative estimate of drug-likeness (QED) is 0.737. The zero-order valence-electron chi connectivity index (χ0n) is 12.4. The largest absolute Gasteiger partial charge is 0.296 e. The minimum atomic E-state index is -0.459. The van der Waals surface area contributed by atoms with Crippen molar-refractivity contribution in [1.82, 2.24) is 5.32 Å². The second-order valence-corrected chi connectivity index (χ2v) is 7.08. The lowest BCUT2D eigenvalue weighted by Crippen LogP contribution is -2.50. The molecule has 1 aromatic carbocycles. The highest BCUT2D eigenvalue weighted by Gasteiger charge is 2.48. The maximum absolute atomic E-state index is 12.3. The van der Waals surface area contributed by atoms with Crippen LogP contribution in [-0.2, 0) is 26.8 Å². The third kappa shape index (κ3) is 1.88. The van der Waals surface area contributed by atoms with Crippen molar-refractivity contribution in [3.63, 3.8) is 0 Å². The fourth-order valence-corrected chi connectivity index (χ4v) is 3.46. The summed E-state index contributed by atoms with van der Waals surface area (Å²) >= 11 is 0. The second kappa shape index (κ2) is 4.18. The van der Waals surface area contributed by atoms with Crippen molar-refractivity contribution in [2.24, 2.45) is 0 Å². The molecule has 2 aliphatic rings. The molecule has 1 aliphatic heterocycles. The summed E-state index contributed by atoms with van der Waals surface area (Å²) in [4.78, 5) is 23.7. The minimum Gasteiger partial charge on any atom is -0.296 e. The Balaban J connectivity index is 2.03. The van der Waals surface area contributed by atoms with Crippen LogP contribution in [-0.4, -0.2) is 11.8 Å². The van der Waals surface area contributed by atoms with E-state index in [9.17, 15) is 9.59 Å². The van der Waals surface area contributed by atoms with Crippen LogP contribution in [0.4, 0.5) is 0 Å². The van der Waals surface area contributed by atoms with Gasteiger partial charge >= 0.3 is 0 Å². The van der Waals surface area contributed by atoms with Gasteiger partial charge in [0.15, 0.2) is 0 Å². The van der Waals surface area contributed by atoms with Crippen LogP contribution in [0.2, 0.25) is 0 Å². The van der Waals surface area contributed by atoms with Crippen molar-refractivity contribution in [2.45, 2.75) is 57.3 Å². The van der Waals surface area contributed by atoms with Crippen molar-refractivity contribution in [3.8, 4) is 0 Å². The number of amides is 2. The number of nitrogens with one attached hydrogen (secondary N) is 1. The Morgan fingerprint density at radius 3 is 2.45 bits per heavy atom. The van der Waals surface area contributed by atoms with Gasteiger partial charge in [0, 0.05) is 6.42 Å².